The standard InChI is InChI=1S/C13H17NO/c1-11(15)12-7-9-14(10-8-12)13-5-3-2-4-6-13/h2-6,12H,7-10H2,1H3. The minimum absolute atomic E-state index is 0.296. The van der Waals surface area contributed by atoms with Crippen LogP contribution >= 0.6 is 0 Å². The second-order valence-corrected chi connectivity index (χ2v) is 4.21. The predicted octanol–water partition coefficient (Wildman–Crippen LogP) is 2.49. The van der Waals surface area contributed by atoms with Crippen molar-refractivity contribution in [3.63, 3.8) is 0 Å². The van der Waals surface area contributed by atoms with Gasteiger partial charge in [0, 0.05) is 24.7 Å². The number of benzene rings is 1. The van der Waals surface area contributed by atoms with Gasteiger partial charge in [-0.3, -0.25) is 4.79 Å². The van der Waals surface area contributed by atoms with Crippen molar-refractivity contribution in [3.8, 4) is 0 Å². The van der Waals surface area contributed by atoms with E-state index >= 15 is 0 Å². The van der Waals surface area contributed by atoms with Gasteiger partial charge in [0.1, 0.15) is 5.78 Å². The number of carbonyl (C=O) groups is 1. The van der Waals surface area contributed by atoms with Crippen LogP contribution in [0.5, 0.6) is 0 Å². The summed E-state index contributed by atoms with van der Waals surface area (Å²) < 4.78 is 0. The fourth-order valence-corrected chi connectivity index (χ4v) is 2.18. The average molecular weight is 203 g/mol. The van der Waals surface area contributed by atoms with Crippen LogP contribution < -0.4 is 4.90 Å². The van der Waals surface area contributed by atoms with Crippen LogP contribution in [0.15, 0.2) is 30.3 Å². The Balaban J connectivity index is 1.97. The van der Waals surface area contributed by atoms with Crippen molar-refractivity contribution in [1.29, 1.82) is 0 Å². The zero-order chi connectivity index (χ0) is 10.7. The zero-order valence-corrected chi connectivity index (χ0v) is 9.15. The molecule has 15 heavy (non-hydrogen) atoms. The van der Waals surface area contributed by atoms with Gasteiger partial charge in [-0.05, 0) is 31.9 Å². The highest BCUT2D eigenvalue weighted by Crippen LogP contribution is 2.23. The lowest BCUT2D eigenvalue weighted by Gasteiger charge is -2.32. The molecule has 0 N–H and O–H groups in total. The molecule has 0 unspecified atom stereocenters. The minimum atomic E-state index is 0.296. The lowest BCUT2D eigenvalue weighted by atomic mass is 9.93. The average Bonchev–Trinajstić information content (AvgIpc) is 2.30. The molecule has 80 valence electrons. The molecule has 1 aliphatic heterocycles. The van der Waals surface area contributed by atoms with E-state index in [-0.39, 0.29) is 0 Å². The molecule has 1 saturated heterocycles. The normalized spacial score (nSPS) is 17.8. The Labute approximate surface area is 90.9 Å². The molecule has 1 fully saturated rings. The molecule has 0 saturated carbocycles. The minimum Gasteiger partial charge on any atom is -0.371 e. The molecule has 1 aliphatic rings. The first-order valence-corrected chi connectivity index (χ1v) is 5.58. The van der Waals surface area contributed by atoms with E-state index in [4.69, 9.17) is 0 Å². The molecule has 2 heteroatoms. The summed E-state index contributed by atoms with van der Waals surface area (Å²) in [5, 5.41) is 0. The molecule has 0 aromatic heterocycles. The van der Waals surface area contributed by atoms with Crippen molar-refractivity contribution in [2.24, 2.45) is 5.92 Å². The first-order valence-electron chi connectivity index (χ1n) is 5.58. The van der Waals surface area contributed by atoms with Gasteiger partial charge in [-0.2, -0.15) is 0 Å². The topological polar surface area (TPSA) is 20.3 Å². The van der Waals surface area contributed by atoms with Gasteiger partial charge in [-0.15, -0.1) is 0 Å². The number of carbonyl (C=O) groups excluding carboxylic acids is 1. The Hall–Kier alpha value is -1.31. The number of para-hydroxylation sites is 1. The molecule has 0 bridgehead atoms. The van der Waals surface area contributed by atoms with E-state index in [1.54, 1.807) is 6.92 Å². The maximum Gasteiger partial charge on any atom is 0.133 e. The second-order valence-electron chi connectivity index (χ2n) is 4.21. The summed E-state index contributed by atoms with van der Waals surface area (Å²) in [6.45, 7) is 3.73. The largest absolute Gasteiger partial charge is 0.371 e. The van der Waals surface area contributed by atoms with Gasteiger partial charge < -0.3 is 4.90 Å². The van der Waals surface area contributed by atoms with E-state index in [2.05, 4.69) is 29.2 Å². The highest BCUT2D eigenvalue weighted by molar-refractivity contribution is 5.78. The highest BCUT2D eigenvalue weighted by atomic mass is 16.1. The third-order valence-electron chi connectivity index (χ3n) is 3.19. The third-order valence-corrected chi connectivity index (χ3v) is 3.19. The van der Waals surface area contributed by atoms with E-state index < -0.39 is 0 Å². The number of piperidine rings is 1. The molecule has 0 aliphatic carbocycles. The lowest BCUT2D eigenvalue weighted by Crippen LogP contribution is -2.35. The van der Waals surface area contributed by atoms with Crippen molar-refractivity contribution in [2.75, 3.05) is 18.0 Å². The van der Waals surface area contributed by atoms with Gasteiger partial charge >= 0.3 is 0 Å². The van der Waals surface area contributed by atoms with Gasteiger partial charge in [0.2, 0.25) is 0 Å². The Kier molecular flexibility index (Phi) is 3.05. The van der Waals surface area contributed by atoms with Crippen LogP contribution in [0.3, 0.4) is 0 Å². The lowest BCUT2D eigenvalue weighted by molar-refractivity contribution is -0.121. The second kappa shape index (κ2) is 4.47. The summed E-state index contributed by atoms with van der Waals surface area (Å²) in [5.74, 6) is 0.646. The number of Topliss-reactive ketones (excluding diaryl/α,β-unsaturated/α-hetero) is 1. The summed E-state index contributed by atoms with van der Waals surface area (Å²) in [7, 11) is 0. The molecule has 0 radical (unpaired) electrons. The van der Waals surface area contributed by atoms with E-state index in [1.165, 1.54) is 5.69 Å². The number of ketones is 1. The SMILES string of the molecule is CC(=O)C1CCN(c2ccccc2)CC1. The molecule has 0 spiro atoms. The molecule has 1 heterocycles. The predicted molar refractivity (Wildman–Crippen MR) is 62.1 cm³/mol. The number of nitrogens with zero attached hydrogens (tertiary/aromatic N) is 1. The number of hydrogen-bond donors (Lipinski definition) is 0. The van der Waals surface area contributed by atoms with Gasteiger partial charge in [0.05, 0.1) is 0 Å². The van der Waals surface area contributed by atoms with Crippen LogP contribution in [0.25, 0.3) is 0 Å². The maximum atomic E-state index is 11.2. The molecular formula is C13H17NO. The van der Waals surface area contributed by atoms with E-state index in [0.29, 0.717) is 11.7 Å². The Morgan fingerprint density at radius 2 is 1.80 bits per heavy atom. The van der Waals surface area contributed by atoms with E-state index in [1.807, 2.05) is 6.07 Å². The molecule has 0 atom stereocenters. The fourth-order valence-electron chi connectivity index (χ4n) is 2.18. The summed E-state index contributed by atoms with van der Waals surface area (Å²) in [6.07, 6.45) is 2.01. The monoisotopic (exact) mass is 203 g/mol. The van der Waals surface area contributed by atoms with Crippen LogP contribution in [0.4, 0.5) is 5.69 Å². The number of anilines is 1. The van der Waals surface area contributed by atoms with Crippen molar-refractivity contribution < 1.29 is 4.79 Å². The summed E-state index contributed by atoms with van der Waals surface area (Å²) in [6, 6.07) is 10.4. The van der Waals surface area contributed by atoms with Crippen molar-refractivity contribution in [3.05, 3.63) is 30.3 Å². The molecule has 0 amide bonds. The van der Waals surface area contributed by atoms with Crippen molar-refractivity contribution >= 4 is 11.5 Å². The Morgan fingerprint density at radius 1 is 1.20 bits per heavy atom. The molecule has 2 rings (SSSR count). The summed E-state index contributed by atoms with van der Waals surface area (Å²) in [5.41, 5.74) is 1.28. The zero-order valence-electron chi connectivity index (χ0n) is 9.15. The van der Waals surface area contributed by atoms with Gasteiger partial charge in [0.25, 0.3) is 0 Å². The van der Waals surface area contributed by atoms with Crippen LogP contribution in [-0.4, -0.2) is 18.9 Å². The maximum absolute atomic E-state index is 11.2. The Bertz CT molecular complexity index is 326. The van der Waals surface area contributed by atoms with Crippen molar-refractivity contribution in [1.82, 2.24) is 0 Å². The first kappa shape index (κ1) is 10.2. The quantitative estimate of drug-likeness (QED) is 0.736. The van der Waals surface area contributed by atoms with Crippen LogP contribution in [0, 0.1) is 5.92 Å². The van der Waals surface area contributed by atoms with Crippen LogP contribution in [-0.2, 0) is 4.79 Å². The number of rotatable bonds is 2. The summed E-state index contributed by atoms with van der Waals surface area (Å²) >= 11 is 0. The fraction of sp³-hybridized carbons (Fsp3) is 0.462. The third kappa shape index (κ3) is 2.38. The molecular weight excluding hydrogens is 186 g/mol. The smallest absolute Gasteiger partial charge is 0.133 e. The summed E-state index contributed by atoms with van der Waals surface area (Å²) in [4.78, 5) is 13.6. The number of hydrogen-bond acceptors (Lipinski definition) is 2. The van der Waals surface area contributed by atoms with Gasteiger partial charge in [-0.1, -0.05) is 18.2 Å². The first-order chi connectivity index (χ1) is 7.27. The van der Waals surface area contributed by atoms with Gasteiger partial charge in [-0.25, -0.2) is 0 Å². The van der Waals surface area contributed by atoms with Crippen LogP contribution in [0.1, 0.15) is 19.8 Å². The molecule has 2 nitrogen and oxygen atoms in total. The van der Waals surface area contributed by atoms with Gasteiger partial charge in [0.15, 0.2) is 0 Å². The Morgan fingerprint density at radius 3 is 2.33 bits per heavy atom. The van der Waals surface area contributed by atoms with Crippen LogP contribution in [0.2, 0.25) is 0 Å². The molecule has 1 aromatic carbocycles. The van der Waals surface area contributed by atoms with E-state index in [9.17, 15) is 4.79 Å². The van der Waals surface area contributed by atoms with Crippen molar-refractivity contribution in [2.45, 2.75) is 19.8 Å². The van der Waals surface area contributed by atoms with E-state index in [0.717, 1.165) is 25.9 Å². The molecule has 1 aromatic rings. The highest BCUT2D eigenvalue weighted by Gasteiger charge is 2.21.